The minimum absolute atomic E-state index is 0.141. The fraction of sp³-hybridized carbons (Fsp3) is 0.421. The fourth-order valence-electron chi connectivity index (χ4n) is 3.99. The highest BCUT2D eigenvalue weighted by atomic mass is 19.1. The van der Waals surface area contributed by atoms with E-state index < -0.39 is 5.83 Å². The van der Waals surface area contributed by atoms with Gasteiger partial charge in [0.05, 0.1) is 17.3 Å². The van der Waals surface area contributed by atoms with Crippen molar-refractivity contribution >= 4 is 11.5 Å². The molecule has 0 fully saturated rings. The number of aryl methyl sites for hydroxylation is 1. The molecule has 0 radical (unpaired) electrons. The van der Waals surface area contributed by atoms with E-state index in [1.54, 1.807) is 24.2 Å². The first-order valence-electron chi connectivity index (χ1n) is 8.77. The van der Waals surface area contributed by atoms with Gasteiger partial charge in [-0.3, -0.25) is 4.79 Å². The number of hydrogen-bond donors (Lipinski definition) is 1. The zero-order chi connectivity index (χ0) is 17.7. The number of fused-ring (bicyclic) bond motifs is 2. The van der Waals surface area contributed by atoms with Gasteiger partial charge < -0.3 is 14.8 Å². The van der Waals surface area contributed by atoms with E-state index in [-0.39, 0.29) is 28.7 Å². The molecule has 0 spiro atoms. The number of halogens is 2. The Bertz CT molecular complexity index is 894. The van der Waals surface area contributed by atoms with Gasteiger partial charge in [-0.1, -0.05) is 13.3 Å². The third-order valence-corrected chi connectivity index (χ3v) is 5.26. The Kier molecular flexibility index (Phi) is 3.78. The number of aromatic nitrogens is 1. The van der Waals surface area contributed by atoms with Gasteiger partial charge in [-0.25, -0.2) is 4.39 Å². The number of nitrogens with one attached hydrogen (secondary N) is 1. The second-order valence-electron chi connectivity index (χ2n) is 6.78. The first kappa shape index (κ1) is 16.1. The second kappa shape index (κ2) is 5.86. The molecule has 0 amide bonds. The van der Waals surface area contributed by atoms with E-state index in [2.05, 4.69) is 12.2 Å². The van der Waals surface area contributed by atoms with Crippen LogP contribution in [0.2, 0.25) is 0 Å². The Morgan fingerprint density at radius 3 is 2.92 bits per heavy atom. The van der Waals surface area contributed by atoms with E-state index >= 15 is 4.39 Å². The second-order valence-corrected chi connectivity index (χ2v) is 6.78. The van der Waals surface area contributed by atoms with Crippen LogP contribution < -0.4 is 10.9 Å². The van der Waals surface area contributed by atoms with Crippen molar-refractivity contribution in [2.24, 2.45) is 7.05 Å². The maximum absolute atomic E-state index is 15.1. The minimum Gasteiger partial charge on any atom is -0.384 e. The van der Waals surface area contributed by atoms with Crippen LogP contribution >= 0.6 is 0 Å². The molecule has 1 unspecified atom stereocenters. The van der Waals surface area contributed by atoms with Crippen LogP contribution in [0.15, 0.2) is 40.2 Å². The Balaban J connectivity index is 1.99. The standard InChI is InChI=1S/C19H21F2N3O/c1-3-4-8-24-14-5-7-22-17-15(14)12(18(24)21)10-13(20)11-6-9-23(2)19(25)16(11)17/h6,9-10,14,22H,3-5,7-8H2,1-2H3. The van der Waals surface area contributed by atoms with Crippen LogP contribution in [0.25, 0.3) is 11.5 Å². The highest BCUT2D eigenvalue weighted by Crippen LogP contribution is 2.45. The van der Waals surface area contributed by atoms with Gasteiger partial charge in [0, 0.05) is 43.0 Å². The summed E-state index contributed by atoms with van der Waals surface area (Å²) in [4.78, 5) is 14.4. The van der Waals surface area contributed by atoms with E-state index in [1.165, 1.54) is 10.6 Å². The summed E-state index contributed by atoms with van der Waals surface area (Å²) >= 11 is 0. The van der Waals surface area contributed by atoms with Crippen LogP contribution in [0.4, 0.5) is 8.78 Å². The van der Waals surface area contributed by atoms with Gasteiger partial charge in [0.1, 0.15) is 5.83 Å². The van der Waals surface area contributed by atoms with E-state index in [0.717, 1.165) is 24.8 Å². The average molecular weight is 345 g/mol. The minimum atomic E-state index is -0.565. The Morgan fingerprint density at radius 2 is 2.16 bits per heavy atom. The molecule has 132 valence electrons. The molecule has 1 aromatic heterocycles. The summed E-state index contributed by atoms with van der Waals surface area (Å²) < 4.78 is 31.4. The molecule has 1 N–H and O–H groups in total. The molecule has 2 aliphatic heterocycles. The molecule has 25 heavy (non-hydrogen) atoms. The van der Waals surface area contributed by atoms with Crippen molar-refractivity contribution in [2.75, 3.05) is 13.1 Å². The number of hydrogen-bond acceptors (Lipinski definition) is 3. The lowest BCUT2D eigenvalue weighted by Gasteiger charge is -2.32. The molecule has 0 saturated heterocycles. The molecule has 4 nitrogen and oxygen atoms in total. The van der Waals surface area contributed by atoms with Crippen LogP contribution in [-0.2, 0) is 7.05 Å². The van der Waals surface area contributed by atoms with E-state index in [1.807, 2.05) is 0 Å². The molecule has 6 heteroatoms. The summed E-state index contributed by atoms with van der Waals surface area (Å²) in [5, 5.41) is 3.24. The van der Waals surface area contributed by atoms with Gasteiger partial charge in [-0.2, -0.15) is 4.39 Å². The zero-order valence-electron chi connectivity index (χ0n) is 14.4. The normalized spacial score (nSPS) is 21.7. The maximum atomic E-state index is 15.1. The number of nitrogens with zero attached hydrogens (tertiary/aromatic N) is 2. The van der Waals surface area contributed by atoms with Crippen molar-refractivity contribution in [2.45, 2.75) is 32.2 Å². The molecule has 1 aromatic rings. The molecular formula is C19H21F2N3O. The van der Waals surface area contributed by atoms with Crippen molar-refractivity contribution < 1.29 is 8.78 Å². The Hall–Kier alpha value is -2.37. The van der Waals surface area contributed by atoms with Crippen molar-refractivity contribution in [1.82, 2.24) is 14.8 Å². The van der Waals surface area contributed by atoms with Crippen LogP contribution in [-0.4, -0.2) is 28.6 Å². The molecular weight excluding hydrogens is 324 g/mol. The molecule has 0 saturated carbocycles. The lowest BCUT2D eigenvalue weighted by Crippen LogP contribution is -2.39. The molecule has 3 heterocycles. The van der Waals surface area contributed by atoms with E-state index in [4.69, 9.17) is 0 Å². The molecule has 0 bridgehead atoms. The first-order chi connectivity index (χ1) is 12.0. The third kappa shape index (κ3) is 2.27. The quantitative estimate of drug-likeness (QED) is 0.856. The zero-order valence-corrected chi connectivity index (χ0v) is 14.4. The summed E-state index contributed by atoms with van der Waals surface area (Å²) in [7, 11) is 1.64. The largest absolute Gasteiger partial charge is 0.384 e. The third-order valence-electron chi connectivity index (χ3n) is 5.26. The van der Waals surface area contributed by atoms with Crippen molar-refractivity contribution in [3.8, 4) is 0 Å². The Labute approximate surface area is 145 Å². The average Bonchev–Trinajstić information content (AvgIpc) is 2.78. The predicted molar refractivity (Wildman–Crippen MR) is 93.8 cm³/mol. The molecule has 3 aliphatic rings. The summed E-state index contributed by atoms with van der Waals surface area (Å²) in [6, 6.07) is 1.44. The summed E-state index contributed by atoms with van der Waals surface area (Å²) in [5.41, 5.74) is 1.84. The van der Waals surface area contributed by atoms with Crippen LogP contribution in [0.1, 0.15) is 37.3 Å². The predicted octanol–water partition coefficient (Wildman–Crippen LogP) is 3.08. The van der Waals surface area contributed by atoms with Gasteiger partial charge in [-0.15, -0.1) is 0 Å². The van der Waals surface area contributed by atoms with Crippen molar-refractivity contribution in [3.05, 3.63) is 56.9 Å². The maximum Gasteiger partial charge on any atom is 0.260 e. The topological polar surface area (TPSA) is 37.3 Å². The lowest BCUT2D eigenvalue weighted by molar-refractivity contribution is 0.228. The number of pyridine rings is 1. The highest BCUT2D eigenvalue weighted by Gasteiger charge is 2.42. The fourth-order valence-corrected chi connectivity index (χ4v) is 3.99. The summed E-state index contributed by atoms with van der Waals surface area (Å²) in [6.45, 7) is 3.29. The number of allylic oxidation sites excluding steroid dienone is 1. The van der Waals surface area contributed by atoms with Gasteiger partial charge in [0.15, 0.2) is 5.95 Å². The molecule has 0 aromatic carbocycles. The highest BCUT2D eigenvalue weighted by molar-refractivity contribution is 5.86. The summed E-state index contributed by atoms with van der Waals surface area (Å²) in [5.74, 6) is -0.945. The van der Waals surface area contributed by atoms with Gasteiger partial charge in [0.2, 0.25) is 0 Å². The van der Waals surface area contributed by atoms with Gasteiger partial charge in [-0.05, 0) is 25.0 Å². The number of unbranched alkanes of at least 4 members (excludes halogenated alkanes) is 1. The van der Waals surface area contributed by atoms with Crippen LogP contribution in [0.3, 0.4) is 0 Å². The van der Waals surface area contributed by atoms with Crippen LogP contribution in [0.5, 0.6) is 0 Å². The SMILES string of the molecule is CCCCN1C(F)=C2C=C(F)c3ccn(C)c(=O)c3C3=C2C1CCN3. The lowest BCUT2D eigenvalue weighted by atomic mass is 9.92. The van der Waals surface area contributed by atoms with Crippen molar-refractivity contribution in [3.63, 3.8) is 0 Å². The van der Waals surface area contributed by atoms with Gasteiger partial charge in [0.25, 0.3) is 5.56 Å². The van der Waals surface area contributed by atoms with E-state index in [0.29, 0.717) is 24.4 Å². The summed E-state index contributed by atoms with van der Waals surface area (Å²) in [6.07, 6.45) is 5.36. The smallest absolute Gasteiger partial charge is 0.260 e. The molecule has 1 aliphatic carbocycles. The van der Waals surface area contributed by atoms with E-state index in [9.17, 15) is 9.18 Å². The molecule has 1 atom stereocenters. The monoisotopic (exact) mass is 345 g/mol. The van der Waals surface area contributed by atoms with Gasteiger partial charge >= 0.3 is 0 Å². The molecule has 4 rings (SSSR count). The van der Waals surface area contributed by atoms with Crippen LogP contribution in [0, 0.1) is 0 Å². The first-order valence-corrected chi connectivity index (χ1v) is 8.77. The van der Waals surface area contributed by atoms with Crippen molar-refractivity contribution in [1.29, 1.82) is 0 Å². The number of rotatable bonds is 3. The Morgan fingerprint density at radius 1 is 1.36 bits per heavy atom.